The van der Waals surface area contributed by atoms with Crippen LogP contribution in [0.25, 0.3) is 11.6 Å². The molecule has 0 radical (unpaired) electrons. The van der Waals surface area contributed by atoms with Gasteiger partial charge in [-0.15, -0.1) is 0 Å². The zero-order valence-electron chi connectivity index (χ0n) is 14.8. The van der Waals surface area contributed by atoms with Crippen molar-refractivity contribution in [2.45, 2.75) is 20.8 Å². The molecule has 2 aromatic carbocycles. The first kappa shape index (κ1) is 17.7. The van der Waals surface area contributed by atoms with Crippen LogP contribution in [-0.4, -0.2) is 19.1 Å². The van der Waals surface area contributed by atoms with Crippen molar-refractivity contribution >= 4 is 39.2 Å². The van der Waals surface area contributed by atoms with Gasteiger partial charge >= 0.3 is 0 Å². The molecule has 0 aliphatic carbocycles. The van der Waals surface area contributed by atoms with Gasteiger partial charge in [-0.05, 0) is 43.2 Å². The molecule has 0 spiro atoms. The Labute approximate surface area is 157 Å². The number of hydrogen-bond donors (Lipinski definition) is 0. The first-order valence-corrected chi connectivity index (χ1v) is 9.36. The Hall–Kier alpha value is -2.07. The molecule has 0 aromatic heterocycles. The molecule has 0 atom stereocenters. The summed E-state index contributed by atoms with van der Waals surface area (Å²) < 4.78 is 6.69. The number of fused-ring (bicyclic) bond motifs is 1. The summed E-state index contributed by atoms with van der Waals surface area (Å²) in [5, 5.41) is 0. The van der Waals surface area contributed by atoms with E-state index < -0.39 is 0 Å². The highest BCUT2D eigenvalue weighted by Crippen LogP contribution is 2.39. The Morgan fingerprint density at radius 3 is 2.68 bits per heavy atom. The van der Waals surface area contributed by atoms with Gasteiger partial charge in [-0.25, -0.2) is 0 Å². The quantitative estimate of drug-likeness (QED) is 0.630. The lowest BCUT2D eigenvalue weighted by Crippen LogP contribution is -2.30. The maximum atomic E-state index is 13.1. The maximum Gasteiger partial charge on any atom is 0.259 e. The Morgan fingerprint density at radius 1 is 1.20 bits per heavy atom. The van der Waals surface area contributed by atoms with Crippen LogP contribution in [-0.2, 0) is 4.79 Å². The average Bonchev–Trinajstić information content (AvgIpc) is 2.83. The topological polar surface area (TPSA) is 29.5 Å². The third-order valence-corrected chi connectivity index (χ3v) is 4.57. The van der Waals surface area contributed by atoms with Gasteiger partial charge in [0.1, 0.15) is 5.75 Å². The highest BCUT2D eigenvalue weighted by molar-refractivity contribution is 9.10. The molecule has 0 fully saturated rings. The van der Waals surface area contributed by atoms with Gasteiger partial charge in [0.25, 0.3) is 5.91 Å². The average molecular weight is 400 g/mol. The van der Waals surface area contributed by atoms with E-state index in [0.29, 0.717) is 19.1 Å². The van der Waals surface area contributed by atoms with Gasteiger partial charge in [0.05, 0.1) is 12.3 Å². The number of halogens is 1. The number of rotatable bonds is 5. The standard InChI is InChI=1S/C21H22BrNO2/c1-4-25-20-10-9-16(22)11-15(20)12-18-17-7-5-6-8-19(17)23(21(18)24)13-14(2)3/h5-12,14H,4,13H2,1-3H3/b18-12-. The van der Waals surface area contributed by atoms with E-state index in [1.165, 1.54) is 0 Å². The number of nitrogens with zero attached hydrogens (tertiary/aromatic N) is 1. The van der Waals surface area contributed by atoms with Crippen molar-refractivity contribution in [2.75, 3.05) is 18.1 Å². The van der Waals surface area contributed by atoms with Crippen molar-refractivity contribution in [2.24, 2.45) is 5.92 Å². The summed E-state index contributed by atoms with van der Waals surface area (Å²) in [4.78, 5) is 14.9. The molecule has 1 heterocycles. The molecule has 0 bridgehead atoms. The fraction of sp³-hybridized carbons (Fsp3) is 0.286. The van der Waals surface area contributed by atoms with Crippen LogP contribution in [0.4, 0.5) is 5.69 Å². The summed E-state index contributed by atoms with van der Waals surface area (Å²) in [5.41, 5.74) is 3.59. The minimum atomic E-state index is 0.0531. The van der Waals surface area contributed by atoms with E-state index in [0.717, 1.165) is 32.6 Å². The van der Waals surface area contributed by atoms with Gasteiger partial charge < -0.3 is 9.64 Å². The van der Waals surface area contributed by atoms with Crippen LogP contribution in [0.5, 0.6) is 5.75 Å². The van der Waals surface area contributed by atoms with E-state index in [1.807, 2.05) is 60.4 Å². The molecule has 25 heavy (non-hydrogen) atoms. The second kappa shape index (κ2) is 7.44. The lowest BCUT2D eigenvalue weighted by molar-refractivity contribution is -0.113. The summed E-state index contributed by atoms with van der Waals surface area (Å²) in [6.07, 6.45) is 1.94. The van der Waals surface area contributed by atoms with Crippen LogP contribution in [0.2, 0.25) is 0 Å². The Bertz CT molecular complexity index is 826. The summed E-state index contributed by atoms with van der Waals surface area (Å²) in [7, 11) is 0. The first-order chi connectivity index (χ1) is 12.0. The van der Waals surface area contributed by atoms with Crippen molar-refractivity contribution < 1.29 is 9.53 Å². The molecular formula is C21H22BrNO2. The molecule has 2 aromatic rings. The fourth-order valence-corrected chi connectivity index (χ4v) is 3.45. The van der Waals surface area contributed by atoms with Crippen LogP contribution >= 0.6 is 15.9 Å². The number of anilines is 1. The lowest BCUT2D eigenvalue weighted by atomic mass is 10.0. The van der Waals surface area contributed by atoms with Crippen molar-refractivity contribution in [1.82, 2.24) is 0 Å². The van der Waals surface area contributed by atoms with Gasteiger partial charge in [-0.3, -0.25) is 4.79 Å². The van der Waals surface area contributed by atoms with E-state index in [-0.39, 0.29) is 5.91 Å². The Morgan fingerprint density at radius 2 is 1.96 bits per heavy atom. The number of para-hydroxylation sites is 1. The number of carbonyl (C=O) groups is 1. The third-order valence-electron chi connectivity index (χ3n) is 4.08. The predicted molar refractivity (Wildman–Crippen MR) is 107 cm³/mol. The molecular weight excluding hydrogens is 378 g/mol. The first-order valence-electron chi connectivity index (χ1n) is 8.56. The Kier molecular flexibility index (Phi) is 5.28. The van der Waals surface area contributed by atoms with Gasteiger partial charge in [-0.1, -0.05) is 48.0 Å². The molecule has 1 amide bonds. The normalized spacial score (nSPS) is 15.2. The summed E-state index contributed by atoms with van der Waals surface area (Å²) in [5.74, 6) is 1.24. The molecule has 0 N–H and O–H groups in total. The van der Waals surface area contributed by atoms with Crippen molar-refractivity contribution in [3.63, 3.8) is 0 Å². The lowest BCUT2D eigenvalue weighted by Gasteiger charge is -2.19. The van der Waals surface area contributed by atoms with Crippen LogP contribution in [0.3, 0.4) is 0 Å². The van der Waals surface area contributed by atoms with E-state index >= 15 is 0 Å². The third kappa shape index (κ3) is 3.64. The summed E-state index contributed by atoms with van der Waals surface area (Å²) >= 11 is 3.51. The molecule has 130 valence electrons. The Balaban J connectivity index is 2.10. The van der Waals surface area contributed by atoms with E-state index in [4.69, 9.17) is 4.74 Å². The molecule has 4 heteroatoms. The molecule has 0 unspecified atom stereocenters. The zero-order chi connectivity index (χ0) is 18.0. The number of ether oxygens (including phenoxy) is 1. The van der Waals surface area contributed by atoms with Crippen LogP contribution in [0, 0.1) is 5.92 Å². The molecule has 0 saturated carbocycles. The summed E-state index contributed by atoms with van der Waals surface area (Å²) in [6.45, 7) is 7.50. The second-order valence-electron chi connectivity index (χ2n) is 6.50. The fourth-order valence-electron chi connectivity index (χ4n) is 3.07. The molecule has 1 aliphatic rings. The number of hydrogen-bond acceptors (Lipinski definition) is 2. The zero-order valence-corrected chi connectivity index (χ0v) is 16.3. The number of amides is 1. The molecule has 3 rings (SSSR count). The second-order valence-corrected chi connectivity index (χ2v) is 7.42. The highest BCUT2D eigenvalue weighted by Gasteiger charge is 2.32. The number of carbonyl (C=O) groups excluding carboxylic acids is 1. The molecule has 3 nitrogen and oxygen atoms in total. The monoisotopic (exact) mass is 399 g/mol. The van der Waals surface area contributed by atoms with Crippen LogP contribution in [0.15, 0.2) is 46.9 Å². The van der Waals surface area contributed by atoms with E-state index in [1.54, 1.807) is 0 Å². The largest absolute Gasteiger partial charge is 0.493 e. The SMILES string of the molecule is CCOc1ccc(Br)cc1/C=C1\C(=O)N(CC(C)C)c2ccccc21. The van der Waals surface area contributed by atoms with E-state index in [9.17, 15) is 4.79 Å². The molecule has 0 saturated heterocycles. The summed E-state index contributed by atoms with van der Waals surface area (Å²) in [6, 6.07) is 13.8. The van der Waals surface area contributed by atoms with Crippen molar-refractivity contribution in [3.05, 3.63) is 58.1 Å². The van der Waals surface area contributed by atoms with Gasteiger partial charge in [0.2, 0.25) is 0 Å². The minimum Gasteiger partial charge on any atom is -0.493 e. The van der Waals surface area contributed by atoms with Crippen molar-refractivity contribution in [3.8, 4) is 5.75 Å². The van der Waals surface area contributed by atoms with Crippen molar-refractivity contribution in [1.29, 1.82) is 0 Å². The maximum absolute atomic E-state index is 13.1. The van der Waals surface area contributed by atoms with Crippen LogP contribution < -0.4 is 9.64 Å². The van der Waals surface area contributed by atoms with Crippen LogP contribution in [0.1, 0.15) is 31.9 Å². The van der Waals surface area contributed by atoms with Gasteiger partial charge in [-0.2, -0.15) is 0 Å². The highest BCUT2D eigenvalue weighted by atomic mass is 79.9. The van der Waals surface area contributed by atoms with E-state index in [2.05, 4.69) is 29.8 Å². The van der Waals surface area contributed by atoms with Gasteiger partial charge in [0.15, 0.2) is 0 Å². The smallest absolute Gasteiger partial charge is 0.259 e. The predicted octanol–water partition coefficient (Wildman–Crippen LogP) is 5.39. The number of benzene rings is 2. The molecule has 1 aliphatic heterocycles. The minimum absolute atomic E-state index is 0.0531. The van der Waals surface area contributed by atoms with Gasteiger partial charge in [0, 0.05) is 27.7 Å².